The molecule has 1 rings (SSSR count). The highest BCUT2D eigenvalue weighted by Gasteiger charge is 2.36. The molecule has 0 aliphatic carbocycles. The van der Waals surface area contributed by atoms with Crippen molar-refractivity contribution in [2.75, 3.05) is 25.9 Å². The monoisotopic (exact) mass is 330 g/mol. The Bertz CT molecular complexity index is 287. The molecule has 1 aliphatic heterocycles. The van der Waals surface area contributed by atoms with Crippen molar-refractivity contribution in [1.29, 1.82) is 0 Å². The lowest BCUT2D eigenvalue weighted by Gasteiger charge is -2.40. The van der Waals surface area contributed by atoms with Crippen LogP contribution in [0.5, 0.6) is 0 Å². The number of nitrogens with two attached hydrogens (primary N) is 1. The predicted molar refractivity (Wildman–Crippen MR) is 101 cm³/mol. The third-order valence-electron chi connectivity index (χ3n) is 4.83. The van der Waals surface area contributed by atoms with E-state index in [4.69, 9.17) is 18.0 Å². The van der Waals surface area contributed by atoms with Crippen LogP contribution in [0.2, 0.25) is 0 Å². The predicted octanol–water partition coefficient (Wildman–Crippen LogP) is 4.61. The Morgan fingerprint density at radius 3 is 2.05 bits per heavy atom. The van der Waals surface area contributed by atoms with Crippen molar-refractivity contribution in [2.45, 2.75) is 75.9 Å². The number of thioether (sulfide) groups is 1. The fourth-order valence-electron chi connectivity index (χ4n) is 3.16. The number of hydrogen-bond acceptors (Lipinski definition) is 3. The molecule has 0 saturated carbocycles. The van der Waals surface area contributed by atoms with Crippen molar-refractivity contribution in [3.63, 3.8) is 0 Å². The van der Waals surface area contributed by atoms with E-state index in [0.29, 0.717) is 4.99 Å². The summed E-state index contributed by atoms with van der Waals surface area (Å²) in [6.07, 6.45) is 15.6. The normalized spacial score (nSPS) is 18.8. The summed E-state index contributed by atoms with van der Waals surface area (Å²) in [4.78, 5) is 3.31. The Labute approximate surface area is 141 Å². The Balaban J connectivity index is 2.04. The maximum atomic E-state index is 5.94. The number of likely N-dealkylation sites (tertiary alicyclic amines) is 1. The lowest BCUT2D eigenvalue weighted by Crippen LogP contribution is -2.49. The van der Waals surface area contributed by atoms with Gasteiger partial charge in [-0.3, -0.25) is 0 Å². The van der Waals surface area contributed by atoms with Crippen LogP contribution in [-0.4, -0.2) is 40.5 Å². The number of unbranched alkanes of at least 4 members (excludes halogenated alkanes) is 7. The number of rotatable bonds is 11. The maximum absolute atomic E-state index is 5.94. The molecule has 2 N–H and O–H groups in total. The second-order valence-electron chi connectivity index (χ2n) is 6.38. The number of piperidine rings is 1. The fourth-order valence-corrected chi connectivity index (χ4v) is 4.40. The molecule has 0 atom stereocenters. The molecule has 21 heavy (non-hydrogen) atoms. The van der Waals surface area contributed by atoms with Gasteiger partial charge in [-0.1, -0.05) is 64.1 Å². The van der Waals surface area contributed by atoms with E-state index < -0.39 is 0 Å². The molecule has 4 heteroatoms. The Morgan fingerprint density at radius 1 is 1.05 bits per heavy atom. The third kappa shape index (κ3) is 6.87. The largest absolute Gasteiger partial charge is 0.392 e. The van der Waals surface area contributed by atoms with Gasteiger partial charge in [-0.05, 0) is 45.2 Å². The van der Waals surface area contributed by atoms with E-state index in [1.165, 1.54) is 57.9 Å². The molecule has 0 aromatic carbocycles. The molecule has 1 aliphatic rings. The molecule has 0 unspecified atom stereocenters. The molecule has 124 valence electrons. The second-order valence-corrected chi connectivity index (χ2v) is 8.01. The second kappa shape index (κ2) is 10.8. The van der Waals surface area contributed by atoms with Crippen LogP contribution in [0.4, 0.5) is 0 Å². The molecule has 0 radical (unpaired) electrons. The molecule has 0 aromatic heterocycles. The number of thiocarbonyl (C=S) groups is 1. The summed E-state index contributed by atoms with van der Waals surface area (Å²) in [5.41, 5.74) is 5.94. The van der Waals surface area contributed by atoms with Crippen molar-refractivity contribution in [1.82, 2.24) is 4.90 Å². The van der Waals surface area contributed by atoms with Crippen LogP contribution >= 0.6 is 24.0 Å². The first-order valence-electron chi connectivity index (χ1n) is 8.72. The van der Waals surface area contributed by atoms with Crippen LogP contribution in [0, 0.1) is 0 Å². The molecule has 0 bridgehead atoms. The maximum Gasteiger partial charge on any atom is 0.0891 e. The Morgan fingerprint density at radius 2 is 1.57 bits per heavy atom. The molecule has 0 aromatic rings. The number of nitrogens with zero attached hydrogens (tertiary/aromatic N) is 1. The third-order valence-corrected chi connectivity index (χ3v) is 6.76. The summed E-state index contributed by atoms with van der Waals surface area (Å²) in [6, 6.07) is 0. The van der Waals surface area contributed by atoms with E-state index in [1.807, 2.05) is 11.8 Å². The summed E-state index contributed by atoms with van der Waals surface area (Å²) >= 11 is 7.12. The van der Waals surface area contributed by atoms with E-state index in [2.05, 4.69) is 18.1 Å². The van der Waals surface area contributed by atoms with Crippen LogP contribution in [0.15, 0.2) is 0 Å². The van der Waals surface area contributed by atoms with E-state index in [1.54, 1.807) is 0 Å². The van der Waals surface area contributed by atoms with Crippen LogP contribution in [0.3, 0.4) is 0 Å². The lowest BCUT2D eigenvalue weighted by molar-refractivity contribution is 0.216. The van der Waals surface area contributed by atoms with Crippen molar-refractivity contribution in [3.05, 3.63) is 0 Å². The first-order chi connectivity index (χ1) is 10.1. The van der Waals surface area contributed by atoms with Gasteiger partial charge < -0.3 is 10.6 Å². The van der Waals surface area contributed by atoms with E-state index in [9.17, 15) is 0 Å². The average Bonchev–Trinajstić information content (AvgIpc) is 2.50. The highest BCUT2D eigenvalue weighted by atomic mass is 32.2. The molecule has 2 nitrogen and oxygen atoms in total. The van der Waals surface area contributed by atoms with Crippen LogP contribution in [-0.2, 0) is 0 Å². The molecule has 0 amide bonds. The van der Waals surface area contributed by atoms with Crippen LogP contribution in [0.1, 0.15) is 71.1 Å². The zero-order valence-electron chi connectivity index (χ0n) is 14.0. The van der Waals surface area contributed by atoms with Gasteiger partial charge in [-0.25, -0.2) is 0 Å². The zero-order chi connectivity index (χ0) is 15.6. The molecular formula is C17H34N2S2. The summed E-state index contributed by atoms with van der Waals surface area (Å²) in [7, 11) is 0. The van der Waals surface area contributed by atoms with E-state index >= 15 is 0 Å². The summed E-state index contributed by atoms with van der Waals surface area (Å²) in [5, 5.41) is 0. The van der Waals surface area contributed by atoms with Crippen LogP contribution in [0.25, 0.3) is 0 Å². The van der Waals surface area contributed by atoms with Gasteiger partial charge in [0, 0.05) is 0 Å². The van der Waals surface area contributed by atoms with Gasteiger partial charge in [0.15, 0.2) is 0 Å². The Kier molecular flexibility index (Phi) is 9.94. The van der Waals surface area contributed by atoms with Gasteiger partial charge in [0.1, 0.15) is 0 Å². The van der Waals surface area contributed by atoms with Crippen molar-refractivity contribution >= 4 is 29.0 Å². The molecule has 1 heterocycles. The quantitative estimate of drug-likeness (QED) is 0.442. The van der Waals surface area contributed by atoms with Gasteiger partial charge in [-0.15, -0.1) is 0 Å². The topological polar surface area (TPSA) is 29.3 Å². The summed E-state index contributed by atoms with van der Waals surface area (Å²) in [6.45, 7) is 5.86. The van der Waals surface area contributed by atoms with Gasteiger partial charge in [0.25, 0.3) is 0 Å². The molecule has 1 saturated heterocycles. The van der Waals surface area contributed by atoms with Crippen molar-refractivity contribution < 1.29 is 0 Å². The molecule has 0 spiro atoms. The smallest absolute Gasteiger partial charge is 0.0891 e. The molecular weight excluding hydrogens is 296 g/mol. The fraction of sp³-hybridized carbons (Fsp3) is 0.941. The first-order valence-corrected chi connectivity index (χ1v) is 10.4. The zero-order valence-corrected chi connectivity index (χ0v) is 15.7. The highest BCUT2D eigenvalue weighted by molar-refractivity contribution is 8.02. The van der Waals surface area contributed by atoms with Crippen molar-refractivity contribution in [2.24, 2.45) is 5.73 Å². The minimum absolute atomic E-state index is 0.0745. The molecule has 1 fully saturated rings. The lowest BCUT2D eigenvalue weighted by atomic mass is 9.95. The van der Waals surface area contributed by atoms with Crippen molar-refractivity contribution in [3.8, 4) is 0 Å². The van der Waals surface area contributed by atoms with Gasteiger partial charge in [0.2, 0.25) is 0 Å². The summed E-state index contributed by atoms with van der Waals surface area (Å²) < 4.78 is 0.0745. The summed E-state index contributed by atoms with van der Waals surface area (Å²) in [5.74, 6) is 0. The minimum Gasteiger partial charge on any atom is -0.392 e. The highest BCUT2D eigenvalue weighted by Crippen LogP contribution is 2.34. The van der Waals surface area contributed by atoms with Gasteiger partial charge in [-0.2, -0.15) is 11.8 Å². The van der Waals surface area contributed by atoms with E-state index in [-0.39, 0.29) is 4.75 Å². The van der Waals surface area contributed by atoms with E-state index in [0.717, 1.165) is 25.9 Å². The average molecular weight is 331 g/mol. The SMILES string of the molecule is CCCCCCCCCCN1CCC(SC)(C(N)=S)CC1. The van der Waals surface area contributed by atoms with Crippen LogP contribution < -0.4 is 5.73 Å². The number of hydrogen-bond donors (Lipinski definition) is 1. The minimum atomic E-state index is 0.0745. The first kappa shape index (κ1) is 19.2. The standard InChI is InChI=1S/C17H34N2S2/c1-3-4-5-6-7-8-9-10-13-19-14-11-17(21-2,12-15-19)16(18)20/h3-15H2,1-2H3,(H2,18,20). The van der Waals surface area contributed by atoms with Gasteiger partial charge >= 0.3 is 0 Å². The Hall–Kier alpha value is 0.200. The van der Waals surface area contributed by atoms with Gasteiger partial charge in [0.05, 0.1) is 9.74 Å².